The summed E-state index contributed by atoms with van der Waals surface area (Å²) in [5, 5.41) is 1.04. The molecular weight excluding hydrogens is 432 g/mol. The average Bonchev–Trinajstić information content (AvgIpc) is 3.34. The molecule has 0 unspecified atom stereocenters. The van der Waals surface area contributed by atoms with Crippen molar-refractivity contribution in [2.24, 2.45) is 0 Å². The number of para-hydroxylation sites is 1. The molecule has 6 rings (SSSR count). The fourth-order valence-corrected chi connectivity index (χ4v) is 6.27. The number of hydrogen-bond donors (Lipinski definition) is 0. The van der Waals surface area contributed by atoms with E-state index in [1.54, 1.807) is 0 Å². The van der Waals surface area contributed by atoms with Gasteiger partial charge in [0.1, 0.15) is 0 Å². The standard InChI is InChI=1S/C31H32N2O2/c1-21-16-22(2)18-24(17-21)19-33-23(3)29(26-9-5-7-11-28(26)33)30(34)32-14-12-31(13-15-32)27-10-6-4-8-25(27)20-35-31/h4-11,16-18H,12-15,19-20H2,1-3H3. The van der Waals surface area contributed by atoms with Gasteiger partial charge in [-0.2, -0.15) is 0 Å². The van der Waals surface area contributed by atoms with Gasteiger partial charge in [-0.1, -0.05) is 71.8 Å². The molecule has 1 amide bonds. The summed E-state index contributed by atoms with van der Waals surface area (Å²) in [6.45, 7) is 9.23. The number of fused-ring (bicyclic) bond motifs is 3. The molecule has 2 aliphatic heterocycles. The van der Waals surface area contributed by atoms with Crippen molar-refractivity contribution in [1.82, 2.24) is 9.47 Å². The van der Waals surface area contributed by atoms with Crippen molar-refractivity contribution in [3.05, 3.63) is 106 Å². The predicted molar refractivity (Wildman–Crippen MR) is 140 cm³/mol. The summed E-state index contributed by atoms with van der Waals surface area (Å²) in [4.78, 5) is 16.0. The molecule has 0 radical (unpaired) electrons. The highest BCUT2D eigenvalue weighted by atomic mass is 16.5. The van der Waals surface area contributed by atoms with Crippen molar-refractivity contribution >= 4 is 16.8 Å². The van der Waals surface area contributed by atoms with Crippen LogP contribution in [0.25, 0.3) is 10.9 Å². The Labute approximate surface area is 207 Å². The second-order valence-corrected chi connectivity index (χ2v) is 10.3. The largest absolute Gasteiger partial charge is 0.365 e. The van der Waals surface area contributed by atoms with Gasteiger partial charge in [0.2, 0.25) is 0 Å². The summed E-state index contributed by atoms with van der Waals surface area (Å²) in [5.74, 6) is 0.138. The molecule has 0 aliphatic carbocycles. The zero-order valence-electron chi connectivity index (χ0n) is 20.8. The van der Waals surface area contributed by atoms with E-state index in [2.05, 4.69) is 86.0 Å². The number of aromatic nitrogens is 1. The summed E-state index contributed by atoms with van der Waals surface area (Å²) in [5.41, 5.74) is 9.17. The fraction of sp³-hybridized carbons (Fsp3) is 0.323. The van der Waals surface area contributed by atoms with Gasteiger partial charge in [-0.3, -0.25) is 4.79 Å². The van der Waals surface area contributed by atoms with Crippen LogP contribution in [-0.2, 0) is 23.5 Å². The number of benzene rings is 3. The number of carbonyl (C=O) groups excluding carboxylic acids is 1. The number of aryl methyl sites for hydroxylation is 2. The lowest BCUT2D eigenvalue weighted by Gasteiger charge is -2.39. The number of rotatable bonds is 3. The Morgan fingerprint density at radius 3 is 2.37 bits per heavy atom. The molecule has 4 nitrogen and oxygen atoms in total. The molecule has 1 aromatic heterocycles. The van der Waals surface area contributed by atoms with Crippen molar-refractivity contribution in [2.45, 2.75) is 52.4 Å². The molecule has 0 N–H and O–H groups in total. The van der Waals surface area contributed by atoms with Crippen LogP contribution in [0.3, 0.4) is 0 Å². The number of hydrogen-bond acceptors (Lipinski definition) is 2. The Bertz CT molecular complexity index is 1420. The second kappa shape index (κ2) is 8.39. The van der Waals surface area contributed by atoms with Gasteiger partial charge in [0, 0.05) is 36.2 Å². The second-order valence-electron chi connectivity index (χ2n) is 10.3. The zero-order valence-corrected chi connectivity index (χ0v) is 20.8. The normalized spacial score (nSPS) is 16.7. The third-order valence-corrected chi connectivity index (χ3v) is 7.94. The summed E-state index contributed by atoms with van der Waals surface area (Å²) < 4.78 is 8.63. The molecule has 4 heteroatoms. The molecule has 1 fully saturated rings. The van der Waals surface area contributed by atoms with Crippen LogP contribution in [0.4, 0.5) is 0 Å². The van der Waals surface area contributed by atoms with Gasteiger partial charge in [-0.25, -0.2) is 0 Å². The lowest BCUT2D eigenvalue weighted by molar-refractivity contribution is -0.0741. The van der Waals surface area contributed by atoms with E-state index in [-0.39, 0.29) is 11.5 Å². The highest BCUT2D eigenvalue weighted by Gasteiger charge is 2.43. The van der Waals surface area contributed by atoms with Gasteiger partial charge < -0.3 is 14.2 Å². The maximum Gasteiger partial charge on any atom is 0.256 e. The molecule has 1 spiro atoms. The van der Waals surface area contributed by atoms with Gasteiger partial charge in [0.25, 0.3) is 5.91 Å². The van der Waals surface area contributed by atoms with E-state index in [9.17, 15) is 4.79 Å². The van der Waals surface area contributed by atoms with Gasteiger partial charge in [-0.15, -0.1) is 0 Å². The fourth-order valence-electron chi connectivity index (χ4n) is 6.27. The quantitative estimate of drug-likeness (QED) is 0.358. The number of nitrogens with zero attached hydrogens (tertiary/aromatic N) is 2. The Hall–Kier alpha value is -3.37. The Morgan fingerprint density at radius 2 is 1.60 bits per heavy atom. The highest BCUT2D eigenvalue weighted by Crippen LogP contribution is 2.44. The third kappa shape index (κ3) is 3.68. The van der Waals surface area contributed by atoms with E-state index in [0.29, 0.717) is 19.7 Å². The van der Waals surface area contributed by atoms with Gasteiger partial charge in [0.05, 0.1) is 17.8 Å². The van der Waals surface area contributed by atoms with E-state index in [1.807, 2.05) is 11.0 Å². The Balaban J connectivity index is 1.31. The molecule has 4 aromatic rings. The molecule has 3 aromatic carbocycles. The van der Waals surface area contributed by atoms with Crippen molar-refractivity contribution in [3.63, 3.8) is 0 Å². The van der Waals surface area contributed by atoms with E-state index < -0.39 is 0 Å². The molecule has 35 heavy (non-hydrogen) atoms. The van der Waals surface area contributed by atoms with E-state index in [0.717, 1.165) is 41.5 Å². The predicted octanol–water partition coefficient (Wildman–Crippen LogP) is 6.28. The van der Waals surface area contributed by atoms with Crippen molar-refractivity contribution in [2.75, 3.05) is 13.1 Å². The van der Waals surface area contributed by atoms with Gasteiger partial charge in [0.15, 0.2) is 0 Å². The average molecular weight is 465 g/mol. The first kappa shape index (κ1) is 22.1. The van der Waals surface area contributed by atoms with Crippen LogP contribution in [0.2, 0.25) is 0 Å². The summed E-state index contributed by atoms with van der Waals surface area (Å²) in [7, 11) is 0. The minimum atomic E-state index is -0.237. The summed E-state index contributed by atoms with van der Waals surface area (Å²) in [6.07, 6.45) is 1.69. The third-order valence-electron chi connectivity index (χ3n) is 7.94. The molecule has 0 bridgehead atoms. The number of piperidine rings is 1. The molecule has 3 heterocycles. The lowest BCUT2D eigenvalue weighted by Crippen LogP contribution is -2.45. The minimum Gasteiger partial charge on any atom is -0.365 e. The van der Waals surface area contributed by atoms with Gasteiger partial charge >= 0.3 is 0 Å². The van der Waals surface area contributed by atoms with Crippen LogP contribution >= 0.6 is 0 Å². The molecular formula is C31H32N2O2. The SMILES string of the molecule is Cc1cc(C)cc(Cn2c(C)c(C(=O)N3CCC4(CC3)OCc3ccccc34)c3ccccc32)c1. The summed E-state index contributed by atoms with van der Waals surface area (Å²) in [6, 6.07) is 23.6. The van der Waals surface area contributed by atoms with Crippen molar-refractivity contribution < 1.29 is 9.53 Å². The van der Waals surface area contributed by atoms with E-state index >= 15 is 0 Å². The number of amides is 1. The van der Waals surface area contributed by atoms with Crippen LogP contribution in [0.5, 0.6) is 0 Å². The van der Waals surface area contributed by atoms with Gasteiger partial charge in [-0.05, 0) is 56.4 Å². The molecule has 2 aliphatic rings. The molecule has 178 valence electrons. The molecule has 1 saturated heterocycles. The van der Waals surface area contributed by atoms with Crippen LogP contribution in [0.15, 0.2) is 66.7 Å². The highest BCUT2D eigenvalue weighted by molar-refractivity contribution is 6.08. The maximum atomic E-state index is 13.9. The monoisotopic (exact) mass is 464 g/mol. The van der Waals surface area contributed by atoms with Crippen LogP contribution < -0.4 is 0 Å². The Morgan fingerprint density at radius 1 is 0.914 bits per heavy atom. The van der Waals surface area contributed by atoms with Crippen LogP contribution in [0, 0.1) is 20.8 Å². The Kier molecular flexibility index (Phi) is 5.30. The van der Waals surface area contributed by atoms with E-state index in [4.69, 9.17) is 4.74 Å². The van der Waals surface area contributed by atoms with E-state index in [1.165, 1.54) is 27.8 Å². The number of ether oxygens (including phenoxy) is 1. The molecule has 0 saturated carbocycles. The maximum absolute atomic E-state index is 13.9. The van der Waals surface area contributed by atoms with Crippen molar-refractivity contribution in [1.29, 1.82) is 0 Å². The first-order chi connectivity index (χ1) is 16.9. The van der Waals surface area contributed by atoms with Crippen molar-refractivity contribution in [3.8, 4) is 0 Å². The topological polar surface area (TPSA) is 34.5 Å². The zero-order chi connectivity index (χ0) is 24.2. The smallest absolute Gasteiger partial charge is 0.256 e. The van der Waals surface area contributed by atoms with Crippen LogP contribution in [0.1, 0.15) is 56.7 Å². The van der Waals surface area contributed by atoms with Crippen LogP contribution in [-0.4, -0.2) is 28.5 Å². The minimum absolute atomic E-state index is 0.138. The summed E-state index contributed by atoms with van der Waals surface area (Å²) >= 11 is 0. The first-order valence-corrected chi connectivity index (χ1v) is 12.6. The number of likely N-dealkylation sites (tertiary alicyclic amines) is 1. The number of carbonyl (C=O) groups is 1. The lowest BCUT2D eigenvalue weighted by atomic mass is 9.83. The molecule has 0 atom stereocenters. The first-order valence-electron chi connectivity index (χ1n) is 12.6.